The van der Waals surface area contributed by atoms with Gasteiger partial charge in [0.15, 0.2) is 23.9 Å². The molecular weight excluding hydrogens is 365 g/mol. The van der Waals surface area contributed by atoms with Gasteiger partial charge in [-0.1, -0.05) is 6.07 Å². The van der Waals surface area contributed by atoms with E-state index in [0.29, 0.717) is 37.2 Å². The van der Waals surface area contributed by atoms with Crippen molar-refractivity contribution in [3.63, 3.8) is 0 Å². The zero-order chi connectivity index (χ0) is 19.4. The molecule has 0 unspecified atom stereocenters. The van der Waals surface area contributed by atoms with Crippen molar-refractivity contribution in [2.45, 2.75) is 12.6 Å². The van der Waals surface area contributed by atoms with E-state index in [2.05, 4.69) is 0 Å². The Bertz CT molecular complexity index is 861. The van der Waals surface area contributed by atoms with E-state index >= 15 is 0 Å². The van der Waals surface area contributed by atoms with Crippen LogP contribution in [0.4, 0.5) is 13.2 Å². The van der Waals surface area contributed by atoms with Crippen LogP contribution in [0.2, 0.25) is 0 Å². The molecule has 2 aromatic rings. The monoisotopic (exact) mass is 380 g/mol. The molecule has 1 aliphatic heterocycles. The molecule has 0 atom stereocenters. The maximum Gasteiger partial charge on any atom is 0.416 e. The van der Waals surface area contributed by atoms with E-state index in [1.807, 2.05) is 0 Å². The van der Waals surface area contributed by atoms with Gasteiger partial charge in [-0.25, -0.2) is 4.79 Å². The molecule has 0 aliphatic carbocycles. The van der Waals surface area contributed by atoms with Crippen LogP contribution in [0.5, 0.6) is 11.5 Å². The summed E-state index contributed by atoms with van der Waals surface area (Å²) in [5, 5.41) is 0. The fourth-order valence-corrected chi connectivity index (χ4v) is 2.46. The minimum absolute atomic E-state index is 0.246. The van der Waals surface area contributed by atoms with Crippen LogP contribution < -0.4 is 9.47 Å². The second-order valence-electron chi connectivity index (χ2n) is 5.79. The molecule has 0 saturated carbocycles. The Balaban J connectivity index is 1.65. The molecule has 142 valence electrons. The van der Waals surface area contributed by atoms with E-state index < -0.39 is 30.1 Å². The first-order valence-corrected chi connectivity index (χ1v) is 8.12. The average molecular weight is 380 g/mol. The molecule has 0 radical (unpaired) electrons. The molecule has 2 aromatic carbocycles. The number of ketones is 1. The van der Waals surface area contributed by atoms with Crippen LogP contribution in [0.1, 0.15) is 32.7 Å². The van der Waals surface area contributed by atoms with Crippen LogP contribution in [0.15, 0.2) is 42.5 Å². The smallest absolute Gasteiger partial charge is 0.416 e. The first kappa shape index (κ1) is 18.8. The van der Waals surface area contributed by atoms with Crippen LogP contribution in [0.3, 0.4) is 0 Å². The molecule has 0 bridgehead atoms. The van der Waals surface area contributed by atoms with E-state index in [0.717, 1.165) is 12.1 Å². The van der Waals surface area contributed by atoms with Crippen LogP contribution in [-0.2, 0) is 10.9 Å². The van der Waals surface area contributed by atoms with Crippen LogP contribution in [0, 0.1) is 0 Å². The summed E-state index contributed by atoms with van der Waals surface area (Å²) < 4.78 is 53.9. The summed E-state index contributed by atoms with van der Waals surface area (Å²) in [5.74, 6) is -0.581. The number of Topliss-reactive ketones (excluding diaryl/α,β-unsaturated/α-hetero) is 1. The standard InChI is InChI=1S/C19H15F3O5/c20-19(21,22)14-4-1-3-13(9-14)18(24)27-11-15(23)12-5-6-16-17(10-12)26-8-2-7-25-16/h1,3-6,9-10H,2,7-8,11H2. The number of esters is 1. The fourth-order valence-electron chi connectivity index (χ4n) is 2.46. The molecule has 3 rings (SSSR count). The van der Waals surface area contributed by atoms with Gasteiger partial charge in [0.25, 0.3) is 0 Å². The van der Waals surface area contributed by atoms with Crippen molar-refractivity contribution >= 4 is 11.8 Å². The average Bonchev–Trinajstić information content (AvgIpc) is 2.90. The highest BCUT2D eigenvalue weighted by Crippen LogP contribution is 2.31. The normalized spacial score (nSPS) is 13.6. The fraction of sp³-hybridized carbons (Fsp3) is 0.263. The third kappa shape index (κ3) is 4.58. The zero-order valence-electron chi connectivity index (χ0n) is 14.0. The van der Waals surface area contributed by atoms with E-state index in [-0.39, 0.29) is 11.1 Å². The van der Waals surface area contributed by atoms with Crippen molar-refractivity contribution in [3.8, 4) is 11.5 Å². The summed E-state index contributed by atoms with van der Waals surface area (Å²) in [6.07, 6.45) is -3.86. The predicted molar refractivity (Wildman–Crippen MR) is 88.1 cm³/mol. The number of hydrogen-bond acceptors (Lipinski definition) is 5. The molecule has 8 heteroatoms. The van der Waals surface area contributed by atoms with E-state index in [1.165, 1.54) is 18.2 Å². The predicted octanol–water partition coefficient (Wildman–Crippen LogP) is 3.91. The lowest BCUT2D eigenvalue weighted by Gasteiger charge is -2.10. The molecule has 0 N–H and O–H groups in total. The Labute approximate surface area is 152 Å². The Kier molecular flexibility index (Phi) is 5.34. The summed E-state index contributed by atoms with van der Waals surface area (Å²) in [5.41, 5.74) is -1.00. The Morgan fingerprint density at radius 2 is 1.70 bits per heavy atom. The third-order valence-corrected chi connectivity index (χ3v) is 3.83. The molecule has 1 heterocycles. The number of carbonyl (C=O) groups is 2. The van der Waals surface area contributed by atoms with Crippen LogP contribution >= 0.6 is 0 Å². The third-order valence-electron chi connectivity index (χ3n) is 3.83. The number of fused-ring (bicyclic) bond motifs is 1. The second kappa shape index (κ2) is 7.69. The van der Waals surface area contributed by atoms with Crippen molar-refractivity contribution in [2.24, 2.45) is 0 Å². The summed E-state index contributed by atoms with van der Waals surface area (Å²) >= 11 is 0. The quantitative estimate of drug-likeness (QED) is 0.595. The van der Waals surface area contributed by atoms with E-state index in [9.17, 15) is 22.8 Å². The summed E-state index contributed by atoms with van der Waals surface area (Å²) in [6, 6.07) is 8.40. The Morgan fingerprint density at radius 3 is 2.44 bits per heavy atom. The number of carbonyl (C=O) groups excluding carboxylic acids is 2. The summed E-state index contributed by atoms with van der Waals surface area (Å²) in [7, 11) is 0. The highest BCUT2D eigenvalue weighted by molar-refractivity contribution is 5.99. The topological polar surface area (TPSA) is 61.8 Å². The summed E-state index contributed by atoms with van der Waals surface area (Å²) in [4.78, 5) is 24.2. The van der Waals surface area contributed by atoms with Gasteiger partial charge in [0, 0.05) is 12.0 Å². The van der Waals surface area contributed by atoms with Crippen LogP contribution in [0.25, 0.3) is 0 Å². The van der Waals surface area contributed by atoms with Gasteiger partial charge < -0.3 is 14.2 Å². The summed E-state index contributed by atoms with van der Waals surface area (Å²) in [6.45, 7) is 0.360. The number of rotatable bonds is 4. The molecule has 0 spiro atoms. The number of alkyl halides is 3. The molecule has 5 nitrogen and oxygen atoms in total. The molecular formula is C19H15F3O5. The molecule has 0 saturated heterocycles. The van der Waals surface area contributed by atoms with Gasteiger partial charge in [0.2, 0.25) is 0 Å². The van der Waals surface area contributed by atoms with Gasteiger partial charge >= 0.3 is 12.1 Å². The molecule has 1 aliphatic rings. The number of hydrogen-bond donors (Lipinski definition) is 0. The van der Waals surface area contributed by atoms with E-state index in [4.69, 9.17) is 14.2 Å². The Morgan fingerprint density at radius 1 is 0.963 bits per heavy atom. The van der Waals surface area contributed by atoms with Crippen molar-refractivity contribution in [3.05, 3.63) is 59.2 Å². The molecule has 0 fully saturated rings. The molecule has 27 heavy (non-hydrogen) atoms. The van der Waals surface area contributed by atoms with Gasteiger partial charge in [0.1, 0.15) is 0 Å². The minimum Gasteiger partial charge on any atom is -0.490 e. The lowest BCUT2D eigenvalue weighted by Crippen LogP contribution is -2.15. The maximum atomic E-state index is 12.7. The van der Waals surface area contributed by atoms with Crippen molar-refractivity contribution < 1.29 is 37.0 Å². The largest absolute Gasteiger partial charge is 0.490 e. The minimum atomic E-state index is -4.57. The van der Waals surface area contributed by atoms with Gasteiger partial charge in [-0.2, -0.15) is 13.2 Å². The SMILES string of the molecule is O=C(COC(=O)c1cccc(C(F)(F)F)c1)c1ccc2c(c1)OCCCO2. The zero-order valence-corrected chi connectivity index (χ0v) is 14.0. The highest BCUT2D eigenvalue weighted by Gasteiger charge is 2.31. The lowest BCUT2D eigenvalue weighted by atomic mass is 10.1. The van der Waals surface area contributed by atoms with E-state index in [1.54, 1.807) is 6.07 Å². The van der Waals surface area contributed by atoms with Crippen molar-refractivity contribution in [2.75, 3.05) is 19.8 Å². The van der Waals surface area contributed by atoms with Gasteiger partial charge in [0.05, 0.1) is 24.3 Å². The Hall–Kier alpha value is -3.03. The molecule has 0 aromatic heterocycles. The maximum absolute atomic E-state index is 12.7. The number of halogens is 3. The van der Waals surface area contributed by atoms with Gasteiger partial charge in [-0.15, -0.1) is 0 Å². The number of benzene rings is 2. The first-order valence-electron chi connectivity index (χ1n) is 8.12. The van der Waals surface area contributed by atoms with Crippen LogP contribution in [-0.4, -0.2) is 31.6 Å². The van der Waals surface area contributed by atoms with Gasteiger partial charge in [-0.3, -0.25) is 4.79 Å². The highest BCUT2D eigenvalue weighted by atomic mass is 19.4. The lowest BCUT2D eigenvalue weighted by molar-refractivity contribution is -0.137. The number of ether oxygens (including phenoxy) is 3. The van der Waals surface area contributed by atoms with Crippen molar-refractivity contribution in [1.82, 2.24) is 0 Å². The first-order chi connectivity index (χ1) is 12.8. The van der Waals surface area contributed by atoms with Gasteiger partial charge in [-0.05, 0) is 36.4 Å². The molecule has 0 amide bonds. The second-order valence-corrected chi connectivity index (χ2v) is 5.79. The van der Waals surface area contributed by atoms with Crippen molar-refractivity contribution in [1.29, 1.82) is 0 Å².